The van der Waals surface area contributed by atoms with Crippen LogP contribution in [0.4, 0.5) is 5.69 Å². The van der Waals surface area contributed by atoms with Crippen molar-refractivity contribution in [1.82, 2.24) is 0 Å². The molecule has 2 fully saturated rings. The fourth-order valence-corrected chi connectivity index (χ4v) is 7.67. The van der Waals surface area contributed by atoms with Crippen molar-refractivity contribution in [2.24, 2.45) is 4.99 Å². The molecule has 0 bridgehead atoms. The van der Waals surface area contributed by atoms with Crippen LogP contribution in [0.5, 0.6) is 0 Å². The van der Waals surface area contributed by atoms with Gasteiger partial charge in [-0.2, -0.15) is 4.99 Å². The number of halogens is 3. The van der Waals surface area contributed by atoms with Crippen LogP contribution in [0.2, 0.25) is 15.1 Å². The number of nitrogens with zero attached hydrogens (tertiary/aromatic N) is 2. The number of amidine groups is 1. The number of thioether (sulfide) groups is 1. The number of fused-ring (bicyclic) bond motifs is 1. The molecule has 2 heterocycles. The van der Waals surface area contributed by atoms with Gasteiger partial charge in [0.1, 0.15) is 0 Å². The van der Waals surface area contributed by atoms with Crippen molar-refractivity contribution in [3.05, 3.63) is 27.2 Å². The summed E-state index contributed by atoms with van der Waals surface area (Å²) < 4.78 is 23.9. The second-order valence-corrected chi connectivity index (χ2v) is 9.91. The third kappa shape index (κ3) is 3.35. The molecule has 2 atom stereocenters. The van der Waals surface area contributed by atoms with Gasteiger partial charge in [0.25, 0.3) is 0 Å². The van der Waals surface area contributed by atoms with Crippen LogP contribution in [0.1, 0.15) is 6.92 Å². The summed E-state index contributed by atoms with van der Waals surface area (Å²) >= 11 is 19.7. The van der Waals surface area contributed by atoms with Crippen LogP contribution in [-0.4, -0.2) is 42.3 Å². The third-order valence-corrected chi connectivity index (χ3v) is 7.55. The van der Waals surface area contributed by atoms with Crippen molar-refractivity contribution in [3.63, 3.8) is 0 Å². The van der Waals surface area contributed by atoms with Gasteiger partial charge in [0, 0.05) is 17.2 Å². The molecule has 0 radical (unpaired) electrons. The van der Waals surface area contributed by atoms with E-state index in [0.717, 1.165) is 0 Å². The summed E-state index contributed by atoms with van der Waals surface area (Å²) in [4.78, 5) is 17.1. The SMILES string of the molecule is CC(=O)N=C1S[C@@H]2CS(=O)(=O)C[C@H]2N1c1c(Cl)cc(Cl)cc1Cl. The molecule has 2 aliphatic rings. The number of aliphatic imine (C=N–C) groups is 1. The zero-order chi connectivity index (χ0) is 16.9. The lowest BCUT2D eigenvalue weighted by molar-refractivity contribution is -0.115. The quantitative estimate of drug-likeness (QED) is 0.707. The monoisotopic (exact) mass is 412 g/mol. The molecule has 0 N–H and O–H groups in total. The smallest absolute Gasteiger partial charge is 0.244 e. The predicted octanol–water partition coefficient (Wildman–Crippen LogP) is 3.27. The van der Waals surface area contributed by atoms with E-state index in [0.29, 0.717) is 15.9 Å². The molecule has 0 aliphatic carbocycles. The van der Waals surface area contributed by atoms with Crippen LogP contribution in [0.15, 0.2) is 17.1 Å². The van der Waals surface area contributed by atoms with Gasteiger partial charge in [-0.1, -0.05) is 46.6 Å². The number of amides is 1. The van der Waals surface area contributed by atoms with Crippen molar-refractivity contribution in [3.8, 4) is 0 Å². The second-order valence-electron chi connectivity index (χ2n) is 5.30. The summed E-state index contributed by atoms with van der Waals surface area (Å²) in [7, 11) is -3.15. The summed E-state index contributed by atoms with van der Waals surface area (Å²) in [6.45, 7) is 1.33. The highest BCUT2D eigenvalue weighted by Gasteiger charge is 2.50. The number of carbonyl (C=O) groups is 1. The molecule has 2 aliphatic heterocycles. The standard InChI is InChI=1S/C13H11Cl3N2O3S2/c1-6(19)17-13-18(10-4-23(20,21)5-11(10)22-13)12-8(15)2-7(14)3-9(12)16/h2-3,10-11H,4-5H2,1H3/t10-,11-/m1/s1. The van der Waals surface area contributed by atoms with E-state index >= 15 is 0 Å². The van der Waals surface area contributed by atoms with Crippen LogP contribution in [0.25, 0.3) is 0 Å². The summed E-state index contributed by atoms with van der Waals surface area (Å²) in [5.41, 5.74) is 0.426. The highest BCUT2D eigenvalue weighted by Crippen LogP contribution is 2.46. The van der Waals surface area contributed by atoms with E-state index in [2.05, 4.69) is 4.99 Å². The van der Waals surface area contributed by atoms with Crippen LogP contribution in [0.3, 0.4) is 0 Å². The average Bonchev–Trinajstić information content (AvgIpc) is 2.81. The van der Waals surface area contributed by atoms with Gasteiger partial charge >= 0.3 is 0 Å². The molecule has 0 aromatic heterocycles. The number of sulfone groups is 1. The molecule has 1 aromatic rings. The Morgan fingerprint density at radius 3 is 2.43 bits per heavy atom. The largest absolute Gasteiger partial charge is 0.313 e. The minimum Gasteiger partial charge on any atom is -0.313 e. The minimum absolute atomic E-state index is 0.0309. The normalized spacial score (nSPS) is 27.5. The van der Waals surface area contributed by atoms with E-state index < -0.39 is 9.84 Å². The topological polar surface area (TPSA) is 66.8 Å². The van der Waals surface area contributed by atoms with Crippen molar-refractivity contribution in [2.45, 2.75) is 18.2 Å². The van der Waals surface area contributed by atoms with Gasteiger partial charge in [0.2, 0.25) is 5.91 Å². The van der Waals surface area contributed by atoms with E-state index in [9.17, 15) is 13.2 Å². The van der Waals surface area contributed by atoms with Gasteiger partial charge in [0.05, 0.1) is 33.3 Å². The van der Waals surface area contributed by atoms with Crippen molar-refractivity contribution >= 4 is 73.2 Å². The van der Waals surface area contributed by atoms with Crippen LogP contribution in [0, 0.1) is 0 Å². The molecular weight excluding hydrogens is 403 g/mol. The van der Waals surface area contributed by atoms with Crippen LogP contribution >= 0.6 is 46.6 Å². The number of benzene rings is 1. The number of anilines is 1. The summed E-state index contributed by atoms with van der Waals surface area (Å²) in [6, 6.07) is 2.69. The maximum atomic E-state index is 11.9. The molecule has 0 saturated carbocycles. The molecule has 2 saturated heterocycles. The molecule has 23 heavy (non-hydrogen) atoms. The van der Waals surface area contributed by atoms with E-state index in [1.165, 1.54) is 30.8 Å². The van der Waals surface area contributed by atoms with E-state index in [1.807, 2.05) is 0 Å². The molecule has 124 valence electrons. The number of hydrogen-bond acceptors (Lipinski definition) is 4. The Labute approximate surface area is 152 Å². The highest BCUT2D eigenvalue weighted by molar-refractivity contribution is 8.16. The average molecular weight is 414 g/mol. The van der Waals surface area contributed by atoms with Gasteiger partial charge in [-0.15, -0.1) is 0 Å². The Kier molecular flexibility index (Phi) is 4.61. The first-order chi connectivity index (χ1) is 10.7. The molecule has 0 spiro atoms. The Hall–Kier alpha value is -0.470. The molecule has 0 unspecified atom stereocenters. The molecule has 5 nitrogen and oxygen atoms in total. The van der Waals surface area contributed by atoms with Gasteiger partial charge in [-0.05, 0) is 12.1 Å². The zero-order valence-electron chi connectivity index (χ0n) is 11.8. The maximum absolute atomic E-state index is 11.9. The van der Waals surface area contributed by atoms with E-state index in [-0.39, 0.29) is 38.7 Å². The first-order valence-corrected chi connectivity index (χ1v) is 10.4. The molecule has 10 heteroatoms. The van der Waals surface area contributed by atoms with Gasteiger partial charge < -0.3 is 4.90 Å². The molecule has 1 aromatic carbocycles. The first kappa shape index (κ1) is 17.4. The van der Waals surface area contributed by atoms with Gasteiger partial charge in [-0.3, -0.25) is 4.79 Å². The number of hydrogen-bond donors (Lipinski definition) is 0. The minimum atomic E-state index is -3.15. The summed E-state index contributed by atoms with van der Waals surface area (Å²) in [6.07, 6.45) is 0. The highest BCUT2D eigenvalue weighted by atomic mass is 35.5. The van der Waals surface area contributed by atoms with E-state index in [1.54, 1.807) is 4.90 Å². The lowest BCUT2D eigenvalue weighted by atomic mass is 10.2. The fourth-order valence-electron chi connectivity index (χ4n) is 2.73. The first-order valence-electron chi connectivity index (χ1n) is 6.58. The van der Waals surface area contributed by atoms with Gasteiger partial charge in [-0.25, -0.2) is 8.42 Å². The van der Waals surface area contributed by atoms with Crippen molar-refractivity contribution in [2.75, 3.05) is 16.4 Å². The second kappa shape index (κ2) is 6.11. The summed E-state index contributed by atoms with van der Waals surface area (Å²) in [5.74, 6) is -0.364. The van der Waals surface area contributed by atoms with Crippen molar-refractivity contribution in [1.29, 1.82) is 0 Å². The Bertz CT molecular complexity index is 803. The summed E-state index contributed by atoms with van der Waals surface area (Å²) in [5, 5.41) is 1.14. The zero-order valence-corrected chi connectivity index (χ0v) is 15.7. The molecular formula is C13H11Cl3N2O3S2. The van der Waals surface area contributed by atoms with Crippen LogP contribution < -0.4 is 4.90 Å². The Balaban J connectivity index is 2.14. The fraction of sp³-hybridized carbons (Fsp3) is 0.385. The maximum Gasteiger partial charge on any atom is 0.244 e. The third-order valence-electron chi connectivity index (χ3n) is 3.54. The Morgan fingerprint density at radius 2 is 1.87 bits per heavy atom. The number of carbonyl (C=O) groups excluding carboxylic acids is 1. The van der Waals surface area contributed by atoms with Crippen molar-refractivity contribution < 1.29 is 13.2 Å². The Morgan fingerprint density at radius 1 is 1.26 bits per heavy atom. The van der Waals surface area contributed by atoms with Crippen LogP contribution in [-0.2, 0) is 14.6 Å². The van der Waals surface area contributed by atoms with Gasteiger partial charge in [0.15, 0.2) is 15.0 Å². The lowest BCUT2D eigenvalue weighted by Gasteiger charge is -2.26. The predicted molar refractivity (Wildman–Crippen MR) is 95.9 cm³/mol. The molecule has 1 amide bonds. The molecule has 3 rings (SSSR count). The number of rotatable bonds is 1. The van der Waals surface area contributed by atoms with E-state index in [4.69, 9.17) is 34.8 Å². The lowest BCUT2D eigenvalue weighted by Crippen LogP contribution is -2.38.